The smallest absolute Gasteiger partial charge is 0.241 e. The molecule has 0 atom stereocenters. The summed E-state index contributed by atoms with van der Waals surface area (Å²) in [6.07, 6.45) is 1.39. The zero-order chi connectivity index (χ0) is 12.1. The van der Waals surface area contributed by atoms with Crippen LogP contribution in [0.3, 0.4) is 0 Å². The maximum absolute atomic E-state index is 11.5. The number of hydrogen-bond acceptors (Lipinski definition) is 5. The van der Waals surface area contributed by atoms with Crippen LogP contribution in [-0.4, -0.2) is 40.9 Å². The lowest BCUT2D eigenvalue weighted by molar-refractivity contribution is -0.127. The van der Waals surface area contributed by atoms with E-state index in [0.717, 1.165) is 0 Å². The van der Waals surface area contributed by atoms with Crippen molar-refractivity contribution in [3.63, 3.8) is 0 Å². The Bertz CT molecular complexity index is 384. The number of halogens is 1. The Morgan fingerprint density at radius 3 is 3.00 bits per heavy atom. The third kappa shape index (κ3) is 3.23. The van der Waals surface area contributed by atoms with Crippen molar-refractivity contribution in [3.8, 4) is 0 Å². The van der Waals surface area contributed by atoms with E-state index in [1.165, 1.54) is 6.20 Å². The third-order valence-electron chi connectivity index (χ3n) is 2.07. The molecule has 7 heteroatoms. The molecule has 3 N–H and O–H groups in total. The Kier molecular flexibility index (Phi) is 4.30. The molecule has 1 amide bonds. The topological polar surface area (TPSA) is 84.1 Å². The first-order valence-corrected chi connectivity index (χ1v) is 5.18. The third-order valence-corrected chi connectivity index (χ3v) is 2.35. The van der Waals surface area contributed by atoms with Gasteiger partial charge in [-0.3, -0.25) is 4.79 Å². The van der Waals surface area contributed by atoms with Crippen molar-refractivity contribution < 1.29 is 4.79 Å². The standard InChI is InChI=1S/C9H14ClN5O/c1-3-15(2)7(16)5-12-8-6(10)4-13-9(11)14-8/h4H,3,5H2,1-2H3,(H3,11,12,13,14). The van der Waals surface area contributed by atoms with Gasteiger partial charge in [-0.25, -0.2) is 4.98 Å². The van der Waals surface area contributed by atoms with Gasteiger partial charge in [0.15, 0.2) is 5.82 Å². The lowest BCUT2D eigenvalue weighted by atomic mass is 10.4. The minimum Gasteiger partial charge on any atom is -0.368 e. The minimum absolute atomic E-state index is 0.0456. The normalized spacial score (nSPS) is 9.94. The Hall–Kier alpha value is -1.56. The van der Waals surface area contributed by atoms with E-state index in [1.807, 2.05) is 6.92 Å². The average Bonchev–Trinajstić information content (AvgIpc) is 2.28. The molecule has 0 aliphatic heterocycles. The quantitative estimate of drug-likeness (QED) is 0.809. The van der Waals surface area contributed by atoms with Crippen molar-refractivity contribution in [3.05, 3.63) is 11.2 Å². The molecule has 0 spiro atoms. The fourth-order valence-electron chi connectivity index (χ4n) is 0.975. The Labute approximate surface area is 98.8 Å². The van der Waals surface area contributed by atoms with E-state index >= 15 is 0 Å². The van der Waals surface area contributed by atoms with E-state index in [-0.39, 0.29) is 18.4 Å². The van der Waals surface area contributed by atoms with E-state index in [2.05, 4.69) is 15.3 Å². The molecule has 16 heavy (non-hydrogen) atoms. The van der Waals surface area contributed by atoms with Crippen molar-refractivity contribution >= 4 is 29.3 Å². The van der Waals surface area contributed by atoms with Gasteiger partial charge < -0.3 is 16.0 Å². The molecule has 0 fully saturated rings. The molecule has 0 saturated heterocycles. The molecule has 0 aliphatic rings. The molecule has 0 aliphatic carbocycles. The summed E-state index contributed by atoms with van der Waals surface area (Å²) in [6.45, 7) is 2.67. The van der Waals surface area contributed by atoms with Crippen molar-refractivity contribution in [1.82, 2.24) is 14.9 Å². The second-order valence-corrected chi connectivity index (χ2v) is 3.59. The lowest BCUT2D eigenvalue weighted by Gasteiger charge is -2.15. The largest absolute Gasteiger partial charge is 0.368 e. The van der Waals surface area contributed by atoms with Crippen molar-refractivity contribution in [2.75, 3.05) is 31.2 Å². The fraction of sp³-hybridized carbons (Fsp3) is 0.444. The molecule has 1 aromatic rings. The summed E-state index contributed by atoms with van der Waals surface area (Å²) in [6, 6.07) is 0. The van der Waals surface area contributed by atoms with Crippen LogP contribution >= 0.6 is 11.6 Å². The van der Waals surface area contributed by atoms with Crippen molar-refractivity contribution in [2.45, 2.75) is 6.92 Å². The molecule has 1 aromatic heterocycles. The van der Waals surface area contributed by atoms with Gasteiger partial charge in [-0.15, -0.1) is 0 Å². The monoisotopic (exact) mass is 243 g/mol. The highest BCUT2D eigenvalue weighted by Crippen LogP contribution is 2.17. The van der Waals surface area contributed by atoms with Gasteiger partial charge in [-0.1, -0.05) is 11.6 Å². The average molecular weight is 244 g/mol. The van der Waals surface area contributed by atoms with Gasteiger partial charge in [0, 0.05) is 13.6 Å². The van der Waals surface area contributed by atoms with Crippen LogP contribution in [0.25, 0.3) is 0 Å². The van der Waals surface area contributed by atoms with Crippen molar-refractivity contribution in [2.24, 2.45) is 0 Å². The molecule has 88 valence electrons. The lowest BCUT2D eigenvalue weighted by Crippen LogP contribution is -2.32. The van der Waals surface area contributed by atoms with E-state index < -0.39 is 0 Å². The van der Waals surface area contributed by atoms with Gasteiger partial charge >= 0.3 is 0 Å². The molecular formula is C9H14ClN5O. The summed E-state index contributed by atoms with van der Waals surface area (Å²) < 4.78 is 0. The van der Waals surface area contributed by atoms with E-state index in [9.17, 15) is 4.79 Å². The van der Waals surface area contributed by atoms with Gasteiger partial charge in [-0.2, -0.15) is 4.98 Å². The number of nitrogens with two attached hydrogens (primary N) is 1. The molecule has 1 rings (SSSR count). The van der Waals surface area contributed by atoms with Crippen LogP contribution in [0.1, 0.15) is 6.92 Å². The number of nitrogens with one attached hydrogen (secondary N) is 1. The Balaban J connectivity index is 2.61. The van der Waals surface area contributed by atoms with E-state index in [4.69, 9.17) is 17.3 Å². The van der Waals surface area contributed by atoms with Gasteiger partial charge in [0.05, 0.1) is 12.7 Å². The van der Waals surface area contributed by atoms with Crippen LogP contribution in [0.4, 0.5) is 11.8 Å². The fourth-order valence-corrected chi connectivity index (χ4v) is 1.13. The summed E-state index contributed by atoms with van der Waals surface area (Å²) >= 11 is 5.83. The number of likely N-dealkylation sites (N-methyl/N-ethyl adjacent to an activating group) is 1. The highest BCUT2D eigenvalue weighted by Gasteiger charge is 2.08. The molecule has 0 radical (unpaired) electrons. The van der Waals surface area contributed by atoms with Crippen LogP contribution in [-0.2, 0) is 4.79 Å². The molecule has 0 unspecified atom stereocenters. The number of amides is 1. The molecule has 0 saturated carbocycles. The van der Waals surface area contributed by atoms with E-state index in [1.54, 1.807) is 11.9 Å². The number of anilines is 2. The predicted molar refractivity (Wildman–Crippen MR) is 63.3 cm³/mol. The second-order valence-electron chi connectivity index (χ2n) is 3.19. The zero-order valence-corrected chi connectivity index (χ0v) is 9.95. The first-order valence-electron chi connectivity index (χ1n) is 4.80. The summed E-state index contributed by atoms with van der Waals surface area (Å²) in [5.41, 5.74) is 5.40. The summed E-state index contributed by atoms with van der Waals surface area (Å²) in [7, 11) is 1.72. The number of rotatable bonds is 4. The summed E-state index contributed by atoms with van der Waals surface area (Å²) in [4.78, 5) is 20.7. The zero-order valence-electron chi connectivity index (χ0n) is 9.20. The summed E-state index contributed by atoms with van der Waals surface area (Å²) in [5, 5.41) is 3.15. The molecule has 0 aromatic carbocycles. The maximum Gasteiger partial charge on any atom is 0.241 e. The van der Waals surface area contributed by atoms with Crippen LogP contribution < -0.4 is 11.1 Å². The highest BCUT2D eigenvalue weighted by atomic mass is 35.5. The first-order chi connectivity index (χ1) is 7.54. The number of nitrogens with zero attached hydrogens (tertiary/aromatic N) is 3. The van der Waals surface area contributed by atoms with Gasteiger partial charge in [0.1, 0.15) is 5.02 Å². The second kappa shape index (κ2) is 5.50. The highest BCUT2D eigenvalue weighted by molar-refractivity contribution is 6.32. The minimum atomic E-state index is -0.0456. The van der Waals surface area contributed by atoms with Crippen LogP contribution in [0.15, 0.2) is 6.20 Å². The molecular weight excluding hydrogens is 230 g/mol. The Morgan fingerprint density at radius 2 is 2.38 bits per heavy atom. The van der Waals surface area contributed by atoms with Gasteiger partial charge in [0.2, 0.25) is 11.9 Å². The number of nitrogen functional groups attached to an aromatic ring is 1. The molecule has 6 nitrogen and oxygen atoms in total. The number of carbonyl (C=O) groups is 1. The van der Waals surface area contributed by atoms with Gasteiger partial charge in [-0.05, 0) is 6.92 Å². The maximum atomic E-state index is 11.5. The predicted octanol–water partition coefficient (Wildman–Crippen LogP) is 0.602. The molecule has 1 heterocycles. The van der Waals surface area contributed by atoms with Gasteiger partial charge in [0.25, 0.3) is 0 Å². The van der Waals surface area contributed by atoms with Crippen LogP contribution in [0, 0.1) is 0 Å². The SMILES string of the molecule is CCN(C)C(=O)CNc1nc(N)ncc1Cl. The van der Waals surface area contributed by atoms with E-state index in [0.29, 0.717) is 17.4 Å². The first kappa shape index (κ1) is 12.5. The number of aromatic nitrogens is 2. The van der Waals surface area contributed by atoms with Crippen LogP contribution in [0.2, 0.25) is 5.02 Å². The number of hydrogen-bond donors (Lipinski definition) is 2. The Morgan fingerprint density at radius 1 is 1.69 bits per heavy atom. The van der Waals surface area contributed by atoms with Crippen LogP contribution in [0.5, 0.6) is 0 Å². The van der Waals surface area contributed by atoms with Crippen molar-refractivity contribution in [1.29, 1.82) is 0 Å². The number of carbonyl (C=O) groups excluding carboxylic acids is 1. The summed E-state index contributed by atoms with van der Waals surface area (Å²) in [5.74, 6) is 0.436. The molecule has 0 bridgehead atoms.